The lowest BCUT2D eigenvalue weighted by Gasteiger charge is -2.58. The van der Waals surface area contributed by atoms with Crippen LogP contribution >= 0.6 is 11.6 Å². The molecule has 1 saturated heterocycles. The lowest BCUT2D eigenvalue weighted by Crippen LogP contribution is -2.64. The molecule has 1 spiro atoms. The predicted octanol–water partition coefficient (Wildman–Crippen LogP) is 3.06. The predicted molar refractivity (Wildman–Crippen MR) is 125 cm³/mol. The molecule has 7 nitrogen and oxygen atoms in total. The van der Waals surface area contributed by atoms with Crippen molar-refractivity contribution in [2.24, 2.45) is 12.5 Å². The molecule has 0 bridgehead atoms. The number of fused-ring (bicyclic) bond motifs is 1. The molecule has 5 rings (SSSR count). The van der Waals surface area contributed by atoms with Gasteiger partial charge >= 0.3 is 0 Å². The van der Waals surface area contributed by atoms with E-state index in [0.717, 1.165) is 67.2 Å². The first-order valence-electron chi connectivity index (χ1n) is 11.1. The third-order valence-electron chi connectivity index (χ3n) is 6.95. The zero-order valence-electron chi connectivity index (χ0n) is 18.4. The molecule has 3 aromatic rings. The van der Waals surface area contributed by atoms with E-state index in [9.17, 15) is 9.59 Å². The molecule has 0 radical (unpaired) electrons. The van der Waals surface area contributed by atoms with Crippen LogP contribution in [0.1, 0.15) is 30.4 Å². The Morgan fingerprint density at radius 3 is 2.84 bits per heavy atom. The lowest BCUT2D eigenvalue weighted by atomic mass is 9.61. The van der Waals surface area contributed by atoms with Crippen molar-refractivity contribution in [1.29, 1.82) is 0 Å². The number of aromatic nitrogens is 3. The summed E-state index contributed by atoms with van der Waals surface area (Å²) in [6.45, 7) is 5.09. The van der Waals surface area contributed by atoms with E-state index in [1.165, 1.54) is 0 Å². The Hall–Kier alpha value is -2.64. The summed E-state index contributed by atoms with van der Waals surface area (Å²) >= 11 is 6.04. The number of halogens is 1. The van der Waals surface area contributed by atoms with Gasteiger partial charge in [-0.25, -0.2) is 5.10 Å². The number of aromatic amines is 1. The van der Waals surface area contributed by atoms with Gasteiger partial charge in [0.2, 0.25) is 0 Å². The fraction of sp³-hybridized carbons (Fsp3) is 0.458. The molecule has 2 fully saturated rings. The molecular weight excluding hydrogens is 428 g/mol. The van der Waals surface area contributed by atoms with E-state index in [0.29, 0.717) is 11.3 Å². The van der Waals surface area contributed by atoms with Gasteiger partial charge in [-0.1, -0.05) is 29.8 Å². The second-order valence-electron chi connectivity index (χ2n) is 9.39. The second-order valence-corrected chi connectivity index (χ2v) is 9.76. The Morgan fingerprint density at radius 2 is 2.06 bits per heavy atom. The van der Waals surface area contributed by atoms with E-state index in [-0.39, 0.29) is 22.2 Å². The molecule has 168 valence electrons. The number of rotatable bonds is 6. The van der Waals surface area contributed by atoms with Crippen molar-refractivity contribution in [3.63, 3.8) is 0 Å². The molecule has 1 aromatic carbocycles. The van der Waals surface area contributed by atoms with Crippen LogP contribution in [0.3, 0.4) is 0 Å². The van der Waals surface area contributed by atoms with Crippen LogP contribution in [-0.4, -0.2) is 45.4 Å². The molecule has 2 aliphatic rings. The SMILES string of the molecule is Cc1cccc2cc(OC3CC4(C3)CN(CCCc3cn[nH]c(=O)c3Cl)C4)n(C)c(=O)c12. The summed E-state index contributed by atoms with van der Waals surface area (Å²) in [5.74, 6) is 0.646. The Kier molecular flexibility index (Phi) is 5.34. The number of H-pyrrole nitrogens is 1. The van der Waals surface area contributed by atoms with Gasteiger partial charge in [-0.05, 0) is 55.7 Å². The number of hydrogen-bond donors (Lipinski definition) is 1. The maximum atomic E-state index is 12.8. The normalized spacial score (nSPS) is 18.0. The van der Waals surface area contributed by atoms with Crippen molar-refractivity contribution in [2.45, 2.75) is 38.7 Å². The lowest BCUT2D eigenvalue weighted by molar-refractivity contribution is -0.120. The average Bonchev–Trinajstić information content (AvgIpc) is 2.71. The maximum absolute atomic E-state index is 12.8. The third kappa shape index (κ3) is 3.73. The van der Waals surface area contributed by atoms with Crippen molar-refractivity contribution in [3.8, 4) is 5.88 Å². The molecule has 2 aromatic heterocycles. The monoisotopic (exact) mass is 454 g/mol. The minimum Gasteiger partial charge on any atom is -0.475 e. The number of ether oxygens (including phenoxy) is 1. The van der Waals surface area contributed by atoms with Crippen molar-refractivity contribution >= 4 is 22.4 Å². The quantitative estimate of drug-likeness (QED) is 0.619. The summed E-state index contributed by atoms with van der Waals surface area (Å²) in [5, 5.41) is 8.12. The minimum absolute atomic E-state index is 0.00448. The summed E-state index contributed by atoms with van der Waals surface area (Å²) in [6, 6.07) is 7.89. The number of nitrogens with one attached hydrogen (secondary N) is 1. The van der Waals surface area contributed by atoms with Gasteiger partial charge in [0.1, 0.15) is 11.1 Å². The largest absolute Gasteiger partial charge is 0.475 e. The highest BCUT2D eigenvalue weighted by atomic mass is 35.5. The highest BCUT2D eigenvalue weighted by molar-refractivity contribution is 6.31. The van der Waals surface area contributed by atoms with Gasteiger partial charge in [0, 0.05) is 31.6 Å². The van der Waals surface area contributed by atoms with Gasteiger partial charge < -0.3 is 9.64 Å². The van der Waals surface area contributed by atoms with E-state index in [1.54, 1.807) is 17.8 Å². The molecule has 0 unspecified atom stereocenters. The second kappa shape index (κ2) is 8.05. The number of hydrogen-bond acceptors (Lipinski definition) is 5. The van der Waals surface area contributed by atoms with E-state index in [4.69, 9.17) is 16.3 Å². The Labute approximate surface area is 191 Å². The van der Waals surface area contributed by atoms with Crippen LogP contribution in [0, 0.1) is 12.3 Å². The highest BCUT2D eigenvalue weighted by Gasteiger charge is 2.53. The number of pyridine rings is 1. The van der Waals surface area contributed by atoms with E-state index >= 15 is 0 Å². The van der Waals surface area contributed by atoms with Crippen molar-refractivity contribution in [1.82, 2.24) is 19.7 Å². The summed E-state index contributed by atoms with van der Waals surface area (Å²) in [5.41, 5.74) is 1.81. The zero-order chi connectivity index (χ0) is 22.5. The van der Waals surface area contributed by atoms with Gasteiger partial charge in [0.15, 0.2) is 5.88 Å². The van der Waals surface area contributed by atoms with E-state index in [2.05, 4.69) is 15.1 Å². The van der Waals surface area contributed by atoms with Crippen LogP contribution in [0.5, 0.6) is 5.88 Å². The molecule has 1 aliphatic carbocycles. The maximum Gasteiger partial charge on any atom is 0.283 e. The summed E-state index contributed by atoms with van der Waals surface area (Å²) in [7, 11) is 1.78. The van der Waals surface area contributed by atoms with Gasteiger partial charge in [-0.2, -0.15) is 5.10 Å². The molecular formula is C24H27ClN4O3. The fourth-order valence-electron chi connectivity index (χ4n) is 5.28. The first-order chi connectivity index (χ1) is 15.3. The molecule has 0 atom stereocenters. The Bertz CT molecular complexity index is 1280. The third-order valence-corrected chi connectivity index (χ3v) is 7.36. The van der Waals surface area contributed by atoms with Crippen molar-refractivity contribution in [3.05, 3.63) is 67.3 Å². The first-order valence-corrected chi connectivity index (χ1v) is 11.4. The fourth-order valence-corrected chi connectivity index (χ4v) is 5.47. The van der Waals surface area contributed by atoms with Crippen molar-refractivity contribution in [2.75, 3.05) is 19.6 Å². The van der Waals surface area contributed by atoms with Crippen molar-refractivity contribution < 1.29 is 4.74 Å². The number of likely N-dealkylation sites (tertiary alicyclic amines) is 1. The van der Waals surface area contributed by atoms with Gasteiger partial charge in [0.25, 0.3) is 11.1 Å². The van der Waals surface area contributed by atoms with Crippen LogP contribution in [0.2, 0.25) is 5.02 Å². The minimum atomic E-state index is -0.327. The molecule has 1 aliphatic heterocycles. The van der Waals surface area contributed by atoms with Gasteiger partial charge in [-0.15, -0.1) is 0 Å². The smallest absolute Gasteiger partial charge is 0.283 e. The number of aryl methyl sites for hydroxylation is 2. The zero-order valence-corrected chi connectivity index (χ0v) is 19.1. The van der Waals surface area contributed by atoms with E-state index < -0.39 is 0 Å². The van der Waals surface area contributed by atoms with Crippen LogP contribution in [-0.2, 0) is 13.5 Å². The highest BCUT2D eigenvalue weighted by Crippen LogP contribution is 2.49. The Morgan fingerprint density at radius 1 is 1.28 bits per heavy atom. The van der Waals surface area contributed by atoms with Crippen LogP contribution in [0.15, 0.2) is 40.1 Å². The molecule has 1 saturated carbocycles. The number of benzene rings is 1. The molecule has 3 heterocycles. The molecule has 0 amide bonds. The molecule has 32 heavy (non-hydrogen) atoms. The average molecular weight is 455 g/mol. The first kappa shape index (κ1) is 21.2. The standard InChI is InChI=1S/C24H27ClN4O3/c1-15-5-3-6-16-9-19(28(2)23(31)20(15)16)32-18-10-24(11-18)13-29(14-24)8-4-7-17-12-26-27-22(30)21(17)25/h3,5-6,9,12,18H,4,7-8,10-11,13-14H2,1-2H3,(H,27,30). The van der Waals surface area contributed by atoms with Crippen LogP contribution in [0.4, 0.5) is 0 Å². The number of nitrogens with zero attached hydrogens (tertiary/aromatic N) is 3. The van der Waals surface area contributed by atoms with E-state index in [1.807, 2.05) is 31.2 Å². The summed E-state index contributed by atoms with van der Waals surface area (Å²) < 4.78 is 7.86. The summed E-state index contributed by atoms with van der Waals surface area (Å²) in [4.78, 5) is 26.8. The summed E-state index contributed by atoms with van der Waals surface area (Å²) in [6.07, 6.45) is 5.53. The molecule has 1 N–H and O–H groups in total. The van der Waals surface area contributed by atoms with Gasteiger partial charge in [-0.3, -0.25) is 14.2 Å². The van der Waals surface area contributed by atoms with Gasteiger partial charge in [0.05, 0.1) is 11.6 Å². The Balaban J connectivity index is 1.13. The van der Waals surface area contributed by atoms with Crippen LogP contribution < -0.4 is 15.9 Å². The van der Waals surface area contributed by atoms with Crippen LogP contribution in [0.25, 0.3) is 10.8 Å². The molecule has 8 heteroatoms. The topological polar surface area (TPSA) is 80.2 Å².